The number of carbonyl (C=O) groups excluding carboxylic acids is 1. The Morgan fingerprint density at radius 2 is 2.22 bits per heavy atom. The average molecular weight is 364 g/mol. The van der Waals surface area contributed by atoms with Crippen LogP contribution in [0.25, 0.3) is 10.2 Å². The highest BCUT2D eigenvalue weighted by molar-refractivity contribution is 8.00. The lowest BCUT2D eigenvalue weighted by Gasteiger charge is -2.11. The van der Waals surface area contributed by atoms with Crippen molar-refractivity contribution in [2.24, 2.45) is 0 Å². The Balaban J connectivity index is 1.72. The van der Waals surface area contributed by atoms with E-state index in [0.717, 1.165) is 20.1 Å². The van der Waals surface area contributed by atoms with Gasteiger partial charge in [-0.15, -0.1) is 22.7 Å². The van der Waals surface area contributed by atoms with E-state index >= 15 is 0 Å². The van der Waals surface area contributed by atoms with Gasteiger partial charge in [-0.05, 0) is 37.8 Å². The predicted molar refractivity (Wildman–Crippen MR) is 98.4 cm³/mol. The first-order valence-corrected chi connectivity index (χ1v) is 9.81. The van der Waals surface area contributed by atoms with E-state index < -0.39 is 0 Å². The highest BCUT2D eigenvalue weighted by atomic mass is 32.2. The molecule has 4 nitrogen and oxygen atoms in total. The number of nitrogens with zero attached hydrogens (tertiary/aromatic N) is 2. The molecule has 0 aromatic carbocycles. The number of aryl methyl sites for hydroxylation is 2. The summed E-state index contributed by atoms with van der Waals surface area (Å²) in [6, 6.07) is 4.01. The van der Waals surface area contributed by atoms with Gasteiger partial charge >= 0.3 is 0 Å². The molecule has 0 aliphatic carbocycles. The molecular weight excluding hydrogens is 346 g/mol. The SMILES string of the molecule is Cc1sc2ncnc(SC(C)C(=O)NCc3cccs3)c2c1C. The molecule has 120 valence electrons. The van der Waals surface area contributed by atoms with E-state index in [1.807, 2.05) is 24.4 Å². The molecule has 1 atom stereocenters. The van der Waals surface area contributed by atoms with Crippen molar-refractivity contribution in [3.8, 4) is 0 Å². The molecule has 3 heterocycles. The molecule has 7 heteroatoms. The van der Waals surface area contributed by atoms with E-state index in [2.05, 4.69) is 29.1 Å². The Morgan fingerprint density at radius 1 is 1.39 bits per heavy atom. The molecule has 23 heavy (non-hydrogen) atoms. The zero-order chi connectivity index (χ0) is 16.4. The van der Waals surface area contributed by atoms with E-state index in [-0.39, 0.29) is 11.2 Å². The molecule has 1 N–H and O–H groups in total. The van der Waals surface area contributed by atoms with Crippen molar-refractivity contribution < 1.29 is 4.79 Å². The van der Waals surface area contributed by atoms with Crippen LogP contribution < -0.4 is 5.32 Å². The van der Waals surface area contributed by atoms with Crippen LogP contribution in [0, 0.1) is 13.8 Å². The van der Waals surface area contributed by atoms with Crippen molar-refractivity contribution in [1.29, 1.82) is 0 Å². The van der Waals surface area contributed by atoms with Gasteiger partial charge in [-0.2, -0.15) is 0 Å². The fourth-order valence-corrected chi connectivity index (χ4v) is 4.90. The van der Waals surface area contributed by atoms with Gasteiger partial charge in [0.25, 0.3) is 0 Å². The van der Waals surface area contributed by atoms with Gasteiger partial charge in [0.1, 0.15) is 16.2 Å². The summed E-state index contributed by atoms with van der Waals surface area (Å²) in [4.78, 5) is 24.4. The van der Waals surface area contributed by atoms with Crippen molar-refractivity contribution in [2.75, 3.05) is 0 Å². The molecule has 0 fully saturated rings. The summed E-state index contributed by atoms with van der Waals surface area (Å²) in [6.45, 7) is 6.67. The van der Waals surface area contributed by atoms with Crippen molar-refractivity contribution in [3.63, 3.8) is 0 Å². The van der Waals surface area contributed by atoms with Crippen LogP contribution in [-0.4, -0.2) is 21.1 Å². The minimum atomic E-state index is -0.201. The fraction of sp³-hybridized carbons (Fsp3) is 0.312. The van der Waals surface area contributed by atoms with Crippen LogP contribution in [0.2, 0.25) is 0 Å². The van der Waals surface area contributed by atoms with Gasteiger partial charge < -0.3 is 5.32 Å². The van der Waals surface area contributed by atoms with E-state index in [9.17, 15) is 4.79 Å². The summed E-state index contributed by atoms with van der Waals surface area (Å²) in [5.41, 5.74) is 1.21. The Bertz CT molecular complexity index is 827. The van der Waals surface area contributed by atoms with Gasteiger partial charge in [0.2, 0.25) is 5.91 Å². The molecule has 1 unspecified atom stereocenters. The molecule has 3 aromatic rings. The largest absolute Gasteiger partial charge is 0.350 e. The summed E-state index contributed by atoms with van der Waals surface area (Å²) in [6.07, 6.45) is 1.58. The van der Waals surface area contributed by atoms with Gasteiger partial charge in [-0.25, -0.2) is 9.97 Å². The van der Waals surface area contributed by atoms with Crippen LogP contribution in [-0.2, 0) is 11.3 Å². The number of amides is 1. The number of thiophene rings is 2. The molecule has 3 rings (SSSR count). The molecule has 0 aliphatic heterocycles. The van der Waals surface area contributed by atoms with Crippen LogP contribution in [0.1, 0.15) is 22.2 Å². The van der Waals surface area contributed by atoms with Crippen LogP contribution in [0.15, 0.2) is 28.9 Å². The van der Waals surface area contributed by atoms with E-state index in [1.165, 1.54) is 22.2 Å². The second-order valence-electron chi connectivity index (χ2n) is 5.20. The van der Waals surface area contributed by atoms with Crippen molar-refractivity contribution >= 4 is 50.6 Å². The number of nitrogens with one attached hydrogen (secondary N) is 1. The van der Waals surface area contributed by atoms with E-state index in [4.69, 9.17) is 0 Å². The molecule has 0 bridgehead atoms. The van der Waals surface area contributed by atoms with Gasteiger partial charge in [0.05, 0.1) is 11.8 Å². The second-order valence-corrected chi connectivity index (χ2v) is 8.76. The number of carbonyl (C=O) groups is 1. The molecular formula is C16H17N3OS3. The number of fused-ring (bicyclic) bond motifs is 1. The quantitative estimate of drug-likeness (QED) is 0.546. The van der Waals surface area contributed by atoms with Gasteiger partial charge in [0.15, 0.2) is 0 Å². The lowest BCUT2D eigenvalue weighted by atomic mass is 10.2. The summed E-state index contributed by atoms with van der Waals surface area (Å²) >= 11 is 4.81. The normalized spacial score (nSPS) is 12.5. The van der Waals surface area contributed by atoms with Crippen LogP contribution in [0.3, 0.4) is 0 Å². The fourth-order valence-electron chi connectivity index (χ4n) is 2.19. The molecule has 0 radical (unpaired) electrons. The first-order valence-electron chi connectivity index (χ1n) is 7.23. The topological polar surface area (TPSA) is 54.9 Å². The molecule has 1 amide bonds. The smallest absolute Gasteiger partial charge is 0.233 e. The number of thioether (sulfide) groups is 1. The third-order valence-electron chi connectivity index (χ3n) is 3.61. The average Bonchev–Trinajstić information content (AvgIpc) is 3.14. The predicted octanol–water partition coefficient (Wildman–Crippen LogP) is 4.17. The Labute approximate surface area is 147 Å². The number of hydrogen-bond acceptors (Lipinski definition) is 6. The van der Waals surface area contributed by atoms with Gasteiger partial charge in [-0.3, -0.25) is 4.79 Å². The summed E-state index contributed by atoms with van der Waals surface area (Å²) in [5, 5.41) is 6.76. The summed E-state index contributed by atoms with van der Waals surface area (Å²) in [5.74, 6) is 0.0276. The highest BCUT2D eigenvalue weighted by Gasteiger charge is 2.19. The second kappa shape index (κ2) is 6.98. The van der Waals surface area contributed by atoms with Crippen molar-refractivity contribution in [2.45, 2.75) is 37.6 Å². The summed E-state index contributed by atoms with van der Waals surface area (Å²) in [7, 11) is 0. The number of aromatic nitrogens is 2. The number of rotatable bonds is 5. The minimum absolute atomic E-state index is 0.0276. The third kappa shape index (κ3) is 3.57. The summed E-state index contributed by atoms with van der Waals surface area (Å²) < 4.78 is 0. The molecule has 3 aromatic heterocycles. The maximum absolute atomic E-state index is 12.3. The van der Waals surface area contributed by atoms with Crippen molar-refractivity contribution in [3.05, 3.63) is 39.2 Å². The minimum Gasteiger partial charge on any atom is -0.350 e. The molecule has 0 saturated heterocycles. The van der Waals surface area contributed by atoms with Gasteiger partial charge in [0, 0.05) is 15.1 Å². The van der Waals surface area contributed by atoms with E-state index in [0.29, 0.717) is 6.54 Å². The Kier molecular flexibility index (Phi) is 4.99. The third-order valence-corrected chi connectivity index (χ3v) is 6.70. The van der Waals surface area contributed by atoms with E-state index in [1.54, 1.807) is 29.0 Å². The van der Waals surface area contributed by atoms with Crippen molar-refractivity contribution in [1.82, 2.24) is 15.3 Å². The monoisotopic (exact) mass is 363 g/mol. The zero-order valence-electron chi connectivity index (χ0n) is 13.1. The maximum Gasteiger partial charge on any atom is 0.233 e. The maximum atomic E-state index is 12.3. The standard InChI is InChI=1S/C16H17N3OS3/c1-9-10(2)22-15-13(9)16(19-8-18-15)23-11(3)14(20)17-7-12-5-4-6-21-12/h4-6,8,11H,7H2,1-3H3,(H,17,20). The Morgan fingerprint density at radius 3 is 2.96 bits per heavy atom. The van der Waals surface area contributed by atoms with Crippen LogP contribution in [0.4, 0.5) is 0 Å². The molecule has 0 spiro atoms. The number of hydrogen-bond donors (Lipinski definition) is 1. The highest BCUT2D eigenvalue weighted by Crippen LogP contribution is 2.35. The first-order chi connectivity index (χ1) is 11.1. The lowest BCUT2D eigenvalue weighted by Crippen LogP contribution is -2.30. The van der Waals surface area contributed by atoms with Crippen LogP contribution in [0.5, 0.6) is 0 Å². The first kappa shape index (κ1) is 16.4. The van der Waals surface area contributed by atoms with Crippen LogP contribution >= 0.6 is 34.4 Å². The Hall–Kier alpha value is -1.44. The van der Waals surface area contributed by atoms with Gasteiger partial charge in [-0.1, -0.05) is 17.8 Å². The lowest BCUT2D eigenvalue weighted by molar-refractivity contribution is -0.120. The zero-order valence-corrected chi connectivity index (χ0v) is 15.6. The molecule has 0 saturated carbocycles. The molecule has 0 aliphatic rings.